The highest BCUT2D eigenvalue weighted by atomic mass is 35.5. The molecule has 0 aliphatic carbocycles. The van der Waals surface area contributed by atoms with Crippen LogP contribution < -0.4 is 10.6 Å². The summed E-state index contributed by atoms with van der Waals surface area (Å²) in [5.41, 5.74) is 2.04. The zero-order valence-corrected chi connectivity index (χ0v) is 18.2. The van der Waals surface area contributed by atoms with E-state index in [4.69, 9.17) is 34.8 Å². The molecule has 6 nitrogen and oxygen atoms in total. The van der Waals surface area contributed by atoms with Gasteiger partial charge in [-0.05, 0) is 42.8 Å². The molecule has 3 rings (SSSR count). The van der Waals surface area contributed by atoms with Crippen molar-refractivity contribution in [1.29, 1.82) is 0 Å². The molecule has 2 aromatic carbocycles. The number of halogens is 3. The topological polar surface area (TPSA) is 82.9 Å². The van der Waals surface area contributed by atoms with E-state index in [9.17, 15) is 9.59 Å². The molecule has 2 aromatic rings. The summed E-state index contributed by atoms with van der Waals surface area (Å²) in [4.78, 5) is 24.4. The molecule has 1 saturated heterocycles. The van der Waals surface area contributed by atoms with Crippen LogP contribution in [0, 0.1) is 0 Å². The second kappa shape index (κ2) is 9.63. The zero-order chi connectivity index (χ0) is 21.0. The maximum atomic E-state index is 12.2. The van der Waals surface area contributed by atoms with E-state index in [1.165, 1.54) is 0 Å². The lowest BCUT2D eigenvalue weighted by Crippen LogP contribution is -2.28. The highest BCUT2D eigenvalue weighted by Gasteiger charge is 2.32. The Morgan fingerprint density at radius 1 is 1.14 bits per heavy atom. The van der Waals surface area contributed by atoms with Gasteiger partial charge in [0.1, 0.15) is 5.25 Å². The molecule has 0 spiro atoms. The number of benzene rings is 2. The molecule has 2 amide bonds. The predicted octanol–water partition coefficient (Wildman–Crippen LogP) is 4.99. The van der Waals surface area contributed by atoms with Crippen LogP contribution in [-0.2, 0) is 9.59 Å². The molecule has 0 aromatic heterocycles. The highest BCUT2D eigenvalue weighted by Crippen LogP contribution is 2.26. The molecule has 1 aliphatic heterocycles. The van der Waals surface area contributed by atoms with Gasteiger partial charge in [0.15, 0.2) is 5.17 Å². The highest BCUT2D eigenvalue weighted by molar-refractivity contribution is 8.15. The van der Waals surface area contributed by atoms with E-state index in [0.29, 0.717) is 31.6 Å². The average Bonchev–Trinajstić information content (AvgIpc) is 3.02. The third-order valence-electron chi connectivity index (χ3n) is 3.90. The summed E-state index contributed by atoms with van der Waals surface area (Å²) in [6.45, 7) is 1.80. The quantitative estimate of drug-likeness (QED) is 0.478. The van der Waals surface area contributed by atoms with Crippen LogP contribution in [0.15, 0.2) is 52.7 Å². The molecule has 2 N–H and O–H groups in total. The van der Waals surface area contributed by atoms with Gasteiger partial charge in [0.25, 0.3) is 0 Å². The number of carbonyl (C=O) groups excluding carboxylic acids is 2. The summed E-state index contributed by atoms with van der Waals surface area (Å²) in [5.74, 6) is -0.615. The van der Waals surface area contributed by atoms with Gasteiger partial charge in [-0.3, -0.25) is 9.59 Å². The van der Waals surface area contributed by atoms with Gasteiger partial charge in [0, 0.05) is 17.1 Å². The van der Waals surface area contributed by atoms with Gasteiger partial charge < -0.3 is 10.6 Å². The molecule has 1 fully saturated rings. The van der Waals surface area contributed by atoms with Crippen LogP contribution in [0.5, 0.6) is 0 Å². The summed E-state index contributed by atoms with van der Waals surface area (Å²) in [5, 5.41) is 14.6. The zero-order valence-electron chi connectivity index (χ0n) is 15.1. The fraction of sp³-hybridized carbons (Fsp3) is 0.158. The number of hydrogen-bond acceptors (Lipinski definition) is 5. The lowest BCUT2D eigenvalue weighted by molar-refractivity contribution is -0.122. The van der Waals surface area contributed by atoms with E-state index in [1.807, 2.05) is 12.1 Å². The van der Waals surface area contributed by atoms with E-state index < -0.39 is 5.25 Å². The minimum absolute atomic E-state index is 0.0182. The van der Waals surface area contributed by atoms with Crippen LogP contribution in [0.3, 0.4) is 0 Å². The van der Waals surface area contributed by atoms with Gasteiger partial charge in [0.05, 0.1) is 15.8 Å². The standard InChI is InChI=1S/C19H15Cl3N4O2S/c1-10(11-2-4-12(20)5-3-11)25-26-19-24-18(28)16(29-19)9-17(27)23-13-6-7-14(21)15(22)8-13/h2-8,16H,9H2,1H3,(H,23,27)(H,24,26,28)/b25-10-/t16-/m0/s1. The summed E-state index contributed by atoms with van der Waals surface area (Å²) in [6.07, 6.45) is -0.0182. The Kier molecular flexibility index (Phi) is 7.18. The molecule has 29 heavy (non-hydrogen) atoms. The second-order valence-electron chi connectivity index (χ2n) is 6.07. The van der Waals surface area contributed by atoms with Gasteiger partial charge in [-0.15, -0.1) is 5.10 Å². The summed E-state index contributed by atoms with van der Waals surface area (Å²) < 4.78 is 0. The average molecular weight is 470 g/mol. The van der Waals surface area contributed by atoms with Crippen molar-refractivity contribution in [3.63, 3.8) is 0 Å². The van der Waals surface area contributed by atoms with Crippen molar-refractivity contribution in [2.75, 3.05) is 5.32 Å². The van der Waals surface area contributed by atoms with E-state index in [0.717, 1.165) is 17.3 Å². The Hall–Kier alpha value is -2.06. The molecular weight excluding hydrogens is 455 g/mol. The molecule has 1 atom stereocenters. The third-order valence-corrected chi connectivity index (χ3v) is 5.97. The SMILES string of the molecule is C/C(=N/N=C1\NC(=O)[C@H](CC(=O)Nc2ccc(Cl)c(Cl)c2)S1)c1ccc(Cl)cc1. The van der Waals surface area contributed by atoms with E-state index >= 15 is 0 Å². The lowest BCUT2D eigenvalue weighted by atomic mass is 10.1. The Balaban J connectivity index is 1.59. The van der Waals surface area contributed by atoms with Crippen LogP contribution in [0.4, 0.5) is 5.69 Å². The van der Waals surface area contributed by atoms with Gasteiger partial charge >= 0.3 is 0 Å². The van der Waals surface area contributed by atoms with Crippen molar-refractivity contribution in [1.82, 2.24) is 5.32 Å². The third kappa shape index (κ3) is 5.96. The lowest BCUT2D eigenvalue weighted by Gasteiger charge is -2.08. The van der Waals surface area contributed by atoms with Crippen molar-refractivity contribution >= 4 is 74.9 Å². The number of rotatable bonds is 5. The van der Waals surface area contributed by atoms with Crippen molar-refractivity contribution in [2.24, 2.45) is 10.2 Å². The van der Waals surface area contributed by atoms with Crippen LogP contribution in [0.2, 0.25) is 15.1 Å². The summed E-state index contributed by atoms with van der Waals surface area (Å²) in [7, 11) is 0. The molecule has 1 aliphatic rings. The normalized spacial score (nSPS) is 18.1. The number of carbonyl (C=O) groups is 2. The molecule has 0 radical (unpaired) electrons. The molecule has 1 heterocycles. The van der Waals surface area contributed by atoms with Crippen LogP contribution in [0.1, 0.15) is 18.9 Å². The smallest absolute Gasteiger partial charge is 0.240 e. The molecule has 150 valence electrons. The Morgan fingerprint density at radius 3 is 2.55 bits per heavy atom. The number of thioether (sulfide) groups is 1. The molecule has 0 bridgehead atoms. The van der Waals surface area contributed by atoms with Crippen LogP contribution >= 0.6 is 46.6 Å². The van der Waals surface area contributed by atoms with Crippen molar-refractivity contribution in [2.45, 2.75) is 18.6 Å². The fourth-order valence-corrected chi connectivity index (χ4v) is 3.75. The molecule has 10 heteroatoms. The minimum Gasteiger partial charge on any atom is -0.326 e. The first-order valence-electron chi connectivity index (χ1n) is 8.42. The maximum Gasteiger partial charge on any atom is 0.240 e. The first kappa shape index (κ1) is 21.6. The Morgan fingerprint density at radius 2 is 1.86 bits per heavy atom. The Bertz CT molecular complexity index is 1010. The van der Waals surface area contributed by atoms with Crippen LogP contribution in [0.25, 0.3) is 0 Å². The van der Waals surface area contributed by atoms with Crippen molar-refractivity contribution < 1.29 is 9.59 Å². The molecule has 0 saturated carbocycles. The number of nitrogens with one attached hydrogen (secondary N) is 2. The van der Waals surface area contributed by atoms with E-state index in [-0.39, 0.29) is 18.2 Å². The summed E-state index contributed by atoms with van der Waals surface area (Å²) >= 11 is 18.8. The van der Waals surface area contributed by atoms with Crippen molar-refractivity contribution in [3.05, 3.63) is 63.1 Å². The maximum absolute atomic E-state index is 12.2. The Labute approximate surface area is 186 Å². The first-order chi connectivity index (χ1) is 13.8. The van der Waals surface area contributed by atoms with Crippen molar-refractivity contribution in [3.8, 4) is 0 Å². The van der Waals surface area contributed by atoms with E-state index in [1.54, 1.807) is 37.3 Å². The summed E-state index contributed by atoms with van der Waals surface area (Å²) in [6, 6.07) is 12.0. The molecular formula is C19H15Cl3N4O2S. The van der Waals surface area contributed by atoms with E-state index in [2.05, 4.69) is 20.8 Å². The fourth-order valence-electron chi connectivity index (χ4n) is 2.41. The number of anilines is 1. The molecule has 0 unspecified atom stereocenters. The number of amides is 2. The van der Waals surface area contributed by atoms with Crippen LogP contribution in [-0.4, -0.2) is 27.9 Å². The second-order valence-corrected chi connectivity index (χ2v) is 8.52. The predicted molar refractivity (Wildman–Crippen MR) is 120 cm³/mol. The number of nitrogens with zero attached hydrogens (tertiary/aromatic N) is 2. The largest absolute Gasteiger partial charge is 0.326 e. The number of amidine groups is 1. The van der Waals surface area contributed by atoms with Gasteiger partial charge in [-0.1, -0.05) is 58.7 Å². The van der Waals surface area contributed by atoms with Gasteiger partial charge in [0.2, 0.25) is 11.8 Å². The first-order valence-corrected chi connectivity index (χ1v) is 10.4. The van der Waals surface area contributed by atoms with Gasteiger partial charge in [-0.25, -0.2) is 0 Å². The monoisotopic (exact) mass is 468 g/mol. The number of hydrogen-bond donors (Lipinski definition) is 2. The van der Waals surface area contributed by atoms with Gasteiger partial charge in [-0.2, -0.15) is 5.10 Å². The minimum atomic E-state index is -0.595.